The van der Waals surface area contributed by atoms with E-state index in [1.165, 1.54) is 54.4 Å². The number of unbranched alkanes of at least 4 members (excludes halogenated alkanes) is 4. The number of allylic oxidation sites excluding steroid dienone is 1. The largest absolute Gasteiger partial charge is 0.0955 e. The van der Waals surface area contributed by atoms with Gasteiger partial charge in [-0.3, -0.25) is 0 Å². The van der Waals surface area contributed by atoms with E-state index in [9.17, 15) is 0 Å². The van der Waals surface area contributed by atoms with E-state index in [-0.39, 0.29) is 0 Å². The van der Waals surface area contributed by atoms with Crippen LogP contribution in [-0.2, 0) is 0 Å². The summed E-state index contributed by atoms with van der Waals surface area (Å²) >= 11 is 0. The quantitative estimate of drug-likeness (QED) is 0.408. The lowest BCUT2D eigenvalue weighted by atomic mass is 9.91. The molecule has 0 bridgehead atoms. The van der Waals surface area contributed by atoms with Crippen molar-refractivity contribution in [2.75, 3.05) is 0 Å². The minimum absolute atomic E-state index is 0.421. The van der Waals surface area contributed by atoms with Gasteiger partial charge < -0.3 is 0 Å². The van der Waals surface area contributed by atoms with Crippen molar-refractivity contribution in [1.29, 1.82) is 0 Å². The molecule has 0 aliphatic rings. The van der Waals surface area contributed by atoms with E-state index in [1.54, 1.807) is 0 Å². The van der Waals surface area contributed by atoms with Crippen molar-refractivity contribution >= 4 is 5.57 Å². The third-order valence-corrected chi connectivity index (χ3v) is 4.66. The van der Waals surface area contributed by atoms with Crippen molar-refractivity contribution in [2.45, 2.75) is 100 Å². The van der Waals surface area contributed by atoms with Crippen LogP contribution in [0, 0.1) is 6.92 Å². The number of rotatable bonds is 7. The molecule has 0 aliphatic carbocycles. The van der Waals surface area contributed by atoms with E-state index >= 15 is 0 Å². The summed E-state index contributed by atoms with van der Waals surface area (Å²) in [5.41, 5.74) is 6.36. The Morgan fingerprint density at radius 1 is 0.793 bits per heavy atom. The molecule has 0 nitrogen and oxygen atoms in total. The molecule has 0 N–H and O–H groups in total. The average molecular weight is 397 g/mol. The smallest absolute Gasteiger partial charge is 0.00612 e. The third kappa shape index (κ3) is 13.1. The maximum Gasteiger partial charge on any atom is 0.00612 e. The number of benzene rings is 2. The molecule has 1 unspecified atom stereocenters. The molecule has 0 aliphatic heterocycles. The van der Waals surface area contributed by atoms with Crippen molar-refractivity contribution in [3.05, 3.63) is 77.4 Å². The standard InChI is InChI=1S/C18H20.C7H16.2C2H6/c1-13(2)17-6-5-7-18(12-17)15(4)16-10-8-14(3)9-11-16;1-3-5-7-6-4-2;2*1-2/h5-12,15H,1H2,2-4H3;3-7H2,1-2H3;2*1-2H3. The normalized spacial score (nSPS) is 10.2. The Labute approximate surface area is 183 Å². The molecule has 0 aromatic heterocycles. The van der Waals surface area contributed by atoms with Gasteiger partial charge in [0, 0.05) is 5.92 Å². The predicted molar refractivity (Wildman–Crippen MR) is 137 cm³/mol. The van der Waals surface area contributed by atoms with Gasteiger partial charge in [-0.25, -0.2) is 0 Å². The molecule has 0 saturated carbocycles. The molecule has 2 aromatic rings. The molecule has 0 fully saturated rings. The summed E-state index contributed by atoms with van der Waals surface area (Å²) in [6.45, 7) is 22.9. The molecule has 0 radical (unpaired) electrons. The summed E-state index contributed by atoms with van der Waals surface area (Å²) in [4.78, 5) is 0. The highest BCUT2D eigenvalue weighted by Gasteiger charge is 2.08. The molecule has 0 heterocycles. The fraction of sp³-hybridized carbons (Fsp3) is 0.517. The second-order valence-electron chi connectivity index (χ2n) is 7.10. The SMILES string of the molecule is C=C(C)c1cccc(C(C)c2ccc(C)cc2)c1.CC.CC.CCCCCCC. The van der Waals surface area contributed by atoms with E-state index in [1.807, 2.05) is 27.7 Å². The highest BCUT2D eigenvalue weighted by Crippen LogP contribution is 2.26. The maximum atomic E-state index is 4.01. The zero-order chi connectivity index (χ0) is 22.7. The van der Waals surface area contributed by atoms with Gasteiger partial charge in [0.15, 0.2) is 0 Å². The Bertz CT molecular complexity index is 615. The van der Waals surface area contributed by atoms with Crippen molar-refractivity contribution < 1.29 is 0 Å². The van der Waals surface area contributed by atoms with Crippen LogP contribution in [0.15, 0.2) is 55.1 Å². The van der Waals surface area contributed by atoms with E-state index in [4.69, 9.17) is 0 Å². The Morgan fingerprint density at radius 2 is 1.31 bits per heavy atom. The van der Waals surface area contributed by atoms with Gasteiger partial charge >= 0.3 is 0 Å². The fourth-order valence-electron chi connectivity index (χ4n) is 2.80. The predicted octanol–water partition coefficient (Wildman–Crippen LogP) is 10.2. The molecular weight excluding hydrogens is 348 g/mol. The molecule has 0 spiro atoms. The zero-order valence-electron chi connectivity index (χ0n) is 20.9. The highest BCUT2D eigenvalue weighted by molar-refractivity contribution is 5.62. The van der Waals surface area contributed by atoms with Crippen LogP contribution in [0.3, 0.4) is 0 Å². The van der Waals surface area contributed by atoms with E-state index in [0.29, 0.717) is 5.92 Å². The van der Waals surface area contributed by atoms with Crippen molar-refractivity contribution in [3.8, 4) is 0 Å². The van der Waals surface area contributed by atoms with Crippen LogP contribution in [0.4, 0.5) is 0 Å². The first-order valence-electron chi connectivity index (χ1n) is 11.8. The van der Waals surface area contributed by atoms with Gasteiger partial charge in [0.05, 0.1) is 0 Å². The molecule has 1 atom stereocenters. The van der Waals surface area contributed by atoms with Crippen LogP contribution >= 0.6 is 0 Å². The van der Waals surface area contributed by atoms with Crippen LogP contribution in [0.25, 0.3) is 5.57 Å². The minimum Gasteiger partial charge on any atom is -0.0955 e. The van der Waals surface area contributed by atoms with Gasteiger partial charge in [-0.1, -0.05) is 147 Å². The molecule has 164 valence electrons. The number of hydrogen-bond donors (Lipinski definition) is 0. The molecular formula is C29H48. The Kier molecular flexibility index (Phi) is 19.8. The summed E-state index contributed by atoms with van der Waals surface area (Å²) in [6, 6.07) is 17.4. The van der Waals surface area contributed by atoms with Gasteiger partial charge in [-0.05, 0) is 30.5 Å². The second-order valence-corrected chi connectivity index (χ2v) is 7.10. The molecule has 2 aromatic carbocycles. The van der Waals surface area contributed by atoms with Crippen LogP contribution in [0.1, 0.15) is 116 Å². The van der Waals surface area contributed by atoms with Crippen molar-refractivity contribution in [1.82, 2.24) is 0 Å². The first-order valence-corrected chi connectivity index (χ1v) is 11.8. The summed E-state index contributed by atoms with van der Waals surface area (Å²) in [6.07, 6.45) is 7.01. The molecule has 2 rings (SSSR count). The monoisotopic (exact) mass is 396 g/mol. The second kappa shape index (κ2) is 19.5. The van der Waals surface area contributed by atoms with Crippen molar-refractivity contribution in [3.63, 3.8) is 0 Å². The summed E-state index contributed by atoms with van der Waals surface area (Å²) < 4.78 is 0. The number of aryl methyl sites for hydroxylation is 1. The van der Waals surface area contributed by atoms with Crippen LogP contribution in [-0.4, -0.2) is 0 Å². The highest BCUT2D eigenvalue weighted by atomic mass is 14.1. The third-order valence-electron chi connectivity index (χ3n) is 4.66. The molecule has 0 heteroatoms. The molecule has 29 heavy (non-hydrogen) atoms. The maximum absolute atomic E-state index is 4.01. The Hall–Kier alpha value is -1.82. The Morgan fingerprint density at radius 3 is 1.76 bits per heavy atom. The van der Waals surface area contributed by atoms with Gasteiger partial charge in [-0.15, -0.1) is 0 Å². The molecule has 0 saturated heterocycles. The van der Waals surface area contributed by atoms with Gasteiger partial charge in [0.25, 0.3) is 0 Å². The van der Waals surface area contributed by atoms with E-state index < -0.39 is 0 Å². The van der Waals surface area contributed by atoms with Gasteiger partial charge in [0.2, 0.25) is 0 Å². The topological polar surface area (TPSA) is 0 Å². The van der Waals surface area contributed by atoms with Crippen LogP contribution in [0.2, 0.25) is 0 Å². The fourth-order valence-corrected chi connectivity index (χ4v) is 2.80. The summed E-state index contributed by atoms with van der Waals surface area (Å²) in [7, 11) is 0. The van der Waals surface area contributed by atoms with E-state index in [0.717, 1.165) is 5.57 Å². The Balaban J connectivity index is 0. The van der Waals surface area contributed by atoms with Crippen molar-refractivity contribution in [2.24, 2.45) is 0 Å². The molecule has 0 amide bonds. The van der Waals surface area contributed by atoms with Gasteiger partial charge in [-0.2, -0.15) is 0 Å². The lowest BCUT2D eigenvalue weighted by molar-refractivity contribution is 0.656. The first kappa shape index (κ1) is 29.4. The van der Waals surface area contributed by atoms with E-state index in [2.05, 4.69) is 89.7 Å². The summed E-state index contributed by atoms with van der Waals surface area (Å²) in [5, 5.41) is 0. The summed E-state index contributed by atoms with van der Waals surface area (Å²) in [5.74, 6) is 0.421. The van der Waals surface area contributed by atoms with Gasteiger partial charge in [0.1, 0.15) is 0 Å². The van der Waals surface area contributed by atoms with Crippen LogP contribution < -0.4 is 0 Å². The number of hydrogen-bond acceptors (Lipinski definition) is 0. The van der Waals surface area contributed by atoms with Crippen LogP contribution in [0.5, 0.6) is 0 Å². The zero-order valence-corrected chi connectivity index (χ0v) is 20.9. The lowest BCUT2D eigenvalue weighted by Crippen LogP contribution is -1.96. The minimum atomic E-state index is 0.421. The lowest BCUT2D eigenvalue weighted by Gasteiger charge is -2.14. The first-order chi connectivity index (χ1) is 14.0. The average Bonchev–Trinajstić information content (AvgIpc) is 2.77.